The molecule has 2 bridgehead atoms. The van der Waals surface area contributed by atoms with Crippen molar-refractivity contribution in [2.45, 2.75) is 66.3 Å². The molecular weight excluding hydrogens is 703 g/mol. The minimum atomic E-state index is -8.57. The summed E-state index contributed by atoms with van der Waals surface area (Å²) in [4.78, 5) is 43.8. The van der Waals surface area contributed by atoms with Gasteiger partial charge in [0.05, 0.1) is 24.0 Å². The second-order valence-corrected chi connectivity index (χ2v) is 10.8. The van der Waals surface area contributed by atoms with Crippen molar-refractivity contribution >= 4 is 34.3 Å². The third-order valence-electron chi connectivity index (χ3n) is 8.24. The Morgan fingerprint density at radius 1 is 0.792 bits per heavy atom. The molecule has 2 unspecified atom stereocenters. The van der Waals surface area contributed by atoms with Gasteiger partial charge in [0, 0.05) is 17.3 Å². The molecule has 23 heteroatoms. The Morgan fingerprint density at radius 2 is 1.31 bits per heavy atom. The Bertz CT molecular complexity index is 1770. The summed E-state index contributed by atoms with van der Waals surface area (Å²) >= 11 is 0. The summed E-state index contributed by atoms with van der Waals surface area (Å²) in [5.41, 5.74) is -0.460. The number of carbonyl (C=O) groups is 3. The monoisotopic (exact) mass is 715 g/mol. The lowest BCUT2D eigenvalue weighted by molar-refractivity contribution is -0.450. The molecule has 0 saturated carbocycles. The number of amides is 4. The highest BCUT2D eigenvalue weighted by atomic mass is 19.4. The second-order valence-electron chi connectivity index (χ2n) is 10.8. The number of likely N-dealkylation sites (tertiary alicyclic amines) is 1. The van der Waals surface area contributed by atoms with Gasteiger partial charge in [0.1, 0.15) is 17.8 Å². The van der Waals surface area contributed by atoms with E-state index in [1.165, 1.54) is 24.3 Å². The highest BCUT2D eigenvalue weighted by molar-refractivity contribution is 6.25. The number of nitrogens with zero attached hydrogens (tertiary/aromatic N) is 5. The minimum Gasteiger partial charge on any atom is -0.330 e. The van der Waals surface area contributed by atoms with Crippen LogP contribution in [0.3, 0.4) is 0 Å². The highest BCUT2D eigenvalue weighted by Crippen LogP contribution is 2.62. The topological polar surface area (TPSA) is 97.6 Å². The number of anilines is 1. The van der Waals surface area contributed by atoms with Crippen LogP contribution < -0.4 is 4.90 Å². The fraction of sp³-hybridized carbons (Fsp3) is 0.480. The van der Waals surface area contributed by atoms with Gasteiger partial charge in [0.2, 0.25) is 0 Å². The van der Waals surface area contributed by atoms with Crippen molar-refractivity contribution in [1.29, 1.82) is 5.26 Å². The Morgan fingerprint density at radius 3 is 1.85 bits per heavy atom. The summed E-state index contributed by atoms with van der Waals surface area (Å²) in [6.07, 6.45) is -7.56. The van der Waals surface area contributed by atoms with Crippen molar-refractivity contribution in [3.05, 3.63) is 36.2 Å². The van der Waals surface area contributed by atoms with Crippen LogP contribution in [0.5, 0.6) is 0 Å². The van der Waals surface area contributed by atoms with E-state index >= 15 is 0 Å². The number of rotatable bonds is 7. The van der Waals surface area contributed by atoms with Gasteiger partial charge >= 0.3 is 47.7 Å². The molecule has 2 aromatic rings. The van der Waals surface area contributed by atoms with Gasteiger partial charge in [-0.3, -0.25) is 9.59 Å². The number of piperazine rings is 1. The first-order valence-corrected chi connectivity index (χ1v) is 12.8. The van der Waals surface area contributed by atoms with Crippen molar-refractivity contribution < 1.29 is 80.2 Å². The van der Waals surface area contributed by atoms with Crippen LogP contribution >= 0.6 is 0 Å². The first kappa shape index (κ1) is 34.8. The Labute approximate surface area is 255 Å². The highest BCUT2D eigenvalue weighted by Gasteiger charge is 2.94. The van der Waals surface area contributed by atoms with Gasteiger partial charge in [-0.1, -0.05) is 24.3 Å². The molecule has 1 aromatic heterocycles. The van der Waals surface area contributed by atoms with E-state index in [1.807, 2.05) is 0 Å². The number of hydrogen-bond donors (Lipinski definition) is 0. The third-order valence-corrected chi connectivity index (χ3v) is 8.24. The van der Waals surface area contributed by atoms with Gasteiger partial charge in [-0.05, 0) is 6.42 Å². The number of fused-ring (bicyclic) bond motifs is 6. The van der Waals surface area contributed by atoms with Crippen molar-refractivity contribution in [2.24, 2.45) is 0 Å². The molecule has 4 heterocycles. The Balaban J connectivity index is 1.47. The second kappa shape index (κ2) is 10.0. The molecule has 3 aliphatic heterocycles. The molecule has 3 atom stereocenters. The quantitative estimate of drug-likeness (QED) is 0.275. The van der Waals surface area contributed by atoms with E-state index in [0.717, 1.165) is 6.20 Å². The standard InChI is InChI=1S/C25H12F15N5O3/c26-19(27,20(28,29)21(30,31)22(32,33)23(34,35)24(36,37)25(38,39)40)17(47)43-8-9-5-13(43)15-16(46)45(18(48)44(9)15)14-7-42-12(6-41)10-3-1-2-4-11(10)14/h1-4,7,9,13,15H,5,8H2/t9?,13?,15-/m1/s1. The number of urea groups is 1. The minimum absolute atomic E-state index is 0.0643. The molecule has 0 spiro atoms. The van der Waals surface area contributed by atoms with Crippen LogP contribution in [0.2, 0.25) is 0 Å². The first-order valence-electron chi connectivity index (χ1n) is 12.8. The number of alkyl halides is 15. The molecule has 0 radical (unpaired) electrons. The molecule has 5 rings (SSSR count). The summed E-state index contributed by atoms with van der Waals surface area (Å²) in [7, 11) is 0. The molecule has 0 N–H and O–H groups in total. The van der Waals surface area contributed by atoms with Crippen molar-refractivity contribution in [3.63, 3.8) is 0 Å². The smallest absolute Gasteiger partial charge is 0.330 e. The van der Waals surface area contributed by atoms with E-state index < -0.39 is 95.5 Å². The lowest BCUT2D eigenvalue weighted by Gasteiger charge is -2.42. The average molecular weight is 715 g/mol. The van der Waals surface area contributed by atoms with Crippen LogP contribution in [-0.2, 0) is 9.59 Å². The molecule has 48 heavy (non-hydrogen) atoms. The number of halogens is 15. The van der Waals surface area contributed by atoms with Gasteiger partial charge in [0.25, 0.3) is 11.8 Å². The largest absolute Gasteiger partial charge is 0.460 e. The molecule has 3 fully saturated rings. The zero-order valence-electron chi connectivity index (χ0n) is 22.7. The zero-order valence-corrected chi connectivity index (χ0v) is 22.7. The van der Waals surface area contributed by atoms with Crippen LogP contribution in [0.1, 0.15) is 12.1 Å². The van der Waals surface area contributed by atoms with E-state index in [4.69, 9.17) is 0 Å². The Hall–Kier alpha value is -4.52. The average Bonchev–Trinajstić information content (AvgIpc) is 3.66. The molecule has 3 saturated heterocycles. The van der Waals surface area contributed by atoms with E-state index in [1.54, 1.807) is 6.07 Å². The number of aromatic nitrogens is 1. The number of carbonyl (C=O) groups excluding carboxylic acids is 3. The SMILES string of the molecule is N#Cc1ncc(N2C(=O)[C@H]3C4CC(CN4C(=O)C(F)(F)C(F)(F)C(F)(F)C(F)(F)C(F)(F)C(F)(F)C(F)(F)F)N3C2=O)c2ccccc12. The fourth-order valence-electron chi connectivity index (χ4n) is 5.84. The Kier molecular flexibility index (Phi) is 7.25. The van der Waals surface area contributed by atoms with Gasteiger partial charge in [0.15, 0.2) is 0 Å². The van der Waals surface area contributed by atoms with Gasteiger partial charge < -0.3 is 9.80 Å². The summed E-state index contributed by atoms with van der Waals surface area (Å²) in [6, 6.07) is 0.546. The fourth-order valence-corrected chi connectivity index (χ4v) is 5.84. The number of imide groups is 1. The number of hydrogen-bond acceptors (Lipinski definition) is 5. The summed E-state index contributed by atoms with van der Waals surface area (Å²) in [5.74, 6) is -53.8. The molecule has 260 valence electrons. The lowest BCUT2D eigenvalue weighted by Crippen LogP contribution is -2.74. The van der Waals surface area contributed by atoms with E-state index in [9.17, 15) is 85.5 Å². The number of pyridine rings is 1. The van der Waals surface area contributed by atoms with E-state index in [2.05, 4.69) is 4.98 Å². The van der Waals surface area contributed by atoms with E-state index in [-0.39, 0.29) is 22.2 Å². The van der Waals surface area contributed by atoms with E-state index in [0.29, 0.717) is 9.80 Å². The summed E-state index contributed by atoms with van der Waals surface area (Å²) in [6.45, 7) is -1.25. The van der Waals surface area contributed by atoms with Crippen LogP contribution in [0, 0.1) is 11.3 Å². The molecule has 4 amide bonds. The van der Waals surface area contributed by atoms with Gasteiger partial charge in [-0.2, -0.15) is 71.1 Å². The molecule has 0 aliphatic carbocycles. The molecule has 8 nitrogen and oxygen atoms in total. The molecule has 3 aliphatic rings. The number of benzene rings is 1. The van der Waals surface area contributed by atoms with Crippen molar-refractivity contribution in [2.75, 3.05) is 11.4 Å². The first-order chi connectivity index (χ1) is 21.7. The maximum Gasteiger partial charge on any atom is 0.460 e. The van der Waals surface area contributed by atoms with Crippen LogP contribution in [0.4, 0.5) is 76.3 Å². The van der Waals surface area contributed by atoms with Crippen molar-refractivity contribution in [3.8, 4) is 6.07 Å². The molecular formula is C25H12F15N5O3. The van der Waals surface area contributed by atoms with Crippen LogP contribution in [0.15, 0.2) is 30.5 Å². The van der Waals surface area contributed by atoms with Crippen LogP contribution in [0.25, 0.3) is 10.8 Å². The maximum atomic E-state index is 14.8. The number of nitriles is 1. The molecule has 1 aromatic carbocycles. The summed E-state index contributed by atoms with van der Waals surface area (Å²) < 4.78 is 205. The summed E-state index contributed by atoms with van der Waals surface area (Å²) in [5, 5.41) is 9.47. The zero-order chi connectivity index (χ0) is 36.4. The third kappa shape index (κ3) is 4.05. The van der Waals surface area contributed by atoms with Gasteiger partial charge in [-0.15, -0.1) is 0 Å². The maximum absolute atomic E-state index is 14.8. The predicted octanol–water partition coefficient (Wildman–Crippen LogP) is 5.60. The van der Waals surface area contributed by atoms with Crippen molar-refractivity contribution in [1.82, 2.24) is 14.8 Å². The lowest BCUT2D eigenvalue weighted by atomic mass is 9.90. The normalized spacial score (nSPS) is 22.5. The van der Waals surface area contributed by atoms with Crippen LogP contribution in [-0.4, -0.2) is 99.0 Å². The van der Waals surface area contributed by atoms with Gasteiger partial charge in [-0.25, -0.2) is 14.7 Å². The predicted molar refractivity (Wildman–Crippen MR) is 125 cm³/mol.